The van der Waals surface area contributed by atoms with Crippen LogP contribution in [0.25, 0.3) is 0 Å². The van der Waals surface area contributed by atoms with Gasteiger partial charge in [-0.25, -0.2) is 5.01 Å². The van der Waals surface area contributed by atoms with Crippen molar-refractivity contribution in [3.63, 3.8) is 0 Å². The lowest BCUT2D eigenvalue weighted by molar-refractivity contribution is 0.0657. The predicted octanol–water partition coefficient (Wildman–Crippen LogP) is -1.05. The minimum atomic E-state index is -0.248. The van der Waals surface area contributed by atoms with E-state index in [1.54, 1.807) is 12.1 Å². The van der Waals surface area contributed by atoms with Gasteiger partial charge in [0.05, 0.1) is 0 Å². The van der Waals surface area contributed by atoms with Crippen molar-refractivity contribution in [2.45, 2.75) is 0 Å². The molecule has 17 heavy (non-hydrogen) atoms. The van der Waals surface area contributed by atoms with Crippen molar-refractivity contribution in [2.75, 3.05) is 39.0 Å². The fourth-order valence-corrected chi connectivity index (χ4v) is 1.58. The fraction of sp³-hybridized carbons (Fsp3) is 0.500. The van der Waals surface area contributed by atoms with Crippen molar-refractivity contribution in [2.24, 2.45) is 0 Å². The Labute approximate surface area is 99.6 Å². The monoisotopic (exact) mass is 236 g/mol. The third kappa shape index (κ3) is 3.11. The highest BCUT2D eigenvalue weighted by Gasteiger charge is 2.17. The van der Waals surface area contributed by atoms with E-state index in [2.05, 4.69) is 27.6 Å². The Morgan fingerprint density at radius 2 is 2.00 bits per heavy atom. The molecular weight excluding hydrogens is 220 g/mol. The zero-order valence-corrected chi connectivity index (χ0v) is 9.76. The zero-order chi connectivity index (χ0) is 12.3. The maximum absolute atomic E-state index is 11.8. The fourth-order valence-electron chi connectivity index (χ4n) is 1.58. The van der Waals surface area contributed by atoms with Gasteiger partial charge in [-0.3, -0.25) is 10.2 Å². The zero-order valence-electron chi connectivity index (χ0n) is 9.76. The van der Waals surface area contributed by atoms with Crippen molar-refractivity contribution >= 4 is 11.7 Å². The number of anilines is 1. The summed E-state index contributed by atoms with van der Waals surface area (Å²) in [6.07, 6.45) is 0. The average Bonchev–Trinajstić information content (AvgIpc) is 2.33. The molecule has 0 bridgehead atoms. The van der Waals surface area contributed by atoms with E-state index in [1.165, 1.54) is 0 Å². The minimum absolute atomic E-state index is 0.248. The number of nitrogens with zero attached hydrogens (tertiary/aromatic N) is 4. The van der Waals surface area contributed by atoms with Gasteiger partial charge in [-0.1, -0.05) is 0 Å². The molecule has 0 unspecified atom stereocenters. The number of likely N-dealkylation sites (N-methyl/N-ethyl adjacent to an activating group) is 1. The van der Waals surface area contributed by atoms with Crippen molar-refractivity contribution in [1.29, 1.82) is 0 Å². The number of carbonyl (C=O) groups is 1. The predicted molar refractivity (Wildman–Crippen MR) is 63.0 cm³/mol. The molecule has 7 heteroatoms. The third-order valence-corrected chi connectivity index (χ3v) is 2.68. The number of piperazine rings is 1. The van der Waals surface area contributed by atoms with Crippen molar-refractivity contribution in [3.05, 3.63) is 17.8 Å². The van der Waals surface area contributed by atoms with E-state index in [4.69, 9.17) is 5.73 Å². The van der Waals surface area contributed by atoms with Crippen LogP contribution in [0, 0.1) is 0 Å². The van der Waals surface area contributed by atoms with Crippen molar-refractivity contribution in [1.82, 2.24) is 25.5 Å². The summed E-state index contributed by atoms with van der Waals surface area (Å²) in [6.45, 7) is 3.50. The Morgan fingerprint density at radius 3 is 2.59 bits per heavy atom. The SMILES string of the molecule is CN1CCN(NC(=O)c2ccc(N)nn2)CC1. The smallest absolute Gasteiger partial charge is 0.286 e. The van der Waals surface area contributed by atoms with E-state index < -0.39 is 0 Å². The molecule has 1 aliphatic heterocycles. The Balaban J connectivity index is 1.91. The number of nitrogens with two attached hydrogens (primary N) is 1. The molecule has 1 amide bonds. The molecule has 0 aromatic carbocycles. The number of amides is 1. The van der Waals surface area contributed by atoms with Gasteiger partial charge in [0.25, 0.3) is 5.91 Å². The number of aromatic nitrogens is 2. The molecule has 1 aliphatic rings. The molecule has 0 atom stereocenters. The molecule has 2 rings (SSSR count). The maximum Gasteiger partial charge on any atom is 0.286 e. The topological polar surface area (TPSA) is 87.4 Å². The number of carbonyl (C=O) groups excluding carboxylic acids is 1. The molecule has 1 aromatic rings. The lowest BCUT2D eigenvalue weighted by Gasteiger charge is -2.32. The molecular formula is C10H16N6O. The van der Waals surface area contributed by atoms with Crippen molar-refractivity contribution < 1.29 is 4.79 Å². The summed E-state index contributed by atoms with van der Waals surface area (Å²) in [5.41, 5.74) is 8.48. The summed E-state index contributed by atoms with van der Waals surface area (Å²) < 4.78 is 0. The molecule has 3 N–H and O–H groups in total. The molecule has 0 saturated carbocycles. The number of hydrogen-bond donors (Lipinski definition) is 2. The highest BCUT2D eigenvalue weighted by atomic mass is 16.2. The van der Waals surface area contributed by atoms with E-state index in [-0.39, 0.29) is 11.6 Å². The summed E-state index contributed by atoms with van der Waals surface area (Å²) in [6, 6.07) is 3.12. The molecule has 1 saturated heterocycles. The summed E-state index contributed by atoms with van der Waals surface area (Å²) >= 11 is 0. The normalized spacial score (nSPS) is 17.9. The van der Waals surface area contributed by atoms with Gasteiger partial charge in [-0.05, 0) is 19.2 Å². The van der Waals surface area contributed by atoms with E-state index in [0.29, 0.717) is 5.82 Å². The van der Waals surface area contributed by atoms with Crippen LogP contribution < -0.4 is 11.2 Å². The number of nitrogen functional groups attached to an aromatic ring is 1. The van der Waals surface area contributed by atoms with Crippen LogP contribution in [0.1, 0.15) is 10.5 Å². The first-order chi connectivity index (χ1) is 8.15. The van der Waals surface area contributed by atoms with Crippen LogP contribution in [0.3, 0.4) is 0 Å². The summed E-state index contributed by atoms with van der Waals surface area (Å²) in [5, 5.41) is 9.27. The second-order valence-corrected chi connectivity index (χ2v) is 4.07. The van der Waals surface area contributed by atoms with E-state index >= 15 is 0 Å². The van der Waals surface area contributed by atoms with Gasteiger partial charge in [0.2, 0.25) is 0 Å². The van der Waals surface area contributed by atoms with Gasteiger partial charge < -0.3 is 10.6 Å². The maximum atomic E-state index is 11.8. The molecule has 1 fully saturated rings. The molecule has 92 valence electrons. The van der Waals surface area contributed by atoms with E-state index in [0.717, 1.165) is 26.2 Å². The van der Waals surface area contributed by atoms with E-state index in [9.17, 15) is 4.79 Å². The second-order valence-electron chi connectivity index (χ2n) is 4.07. The first-order valence-corrected chi connectivity index (χ1v) is 5.49. The first-order valence-electron chi connectivity index (χ1n) is 5.49. The summed E-state index contributed by atoms with van der Waals surface area (Å²) in [7, 11) is 2.06. The van der Waals surface area contributed by atoms with Crippen LogP contribution in [0.4, 0.5) is 5.82 Å². The number of hydrazine groups is 1. The van der Waals surface area contributed by atoms with Gasteiger partial charge >= 0.3 is 0 Å². The highest BCUT2D eigenvalue weighted by molar-refractivity contribution is 5.91. The molecule has 0 spiro atoms. The van der Waals surface area contributed by atoms with Gasteiger partial charge in [0, 0.05) is 26.2 Å². The lowest BCUT2D eigenvalue weighted by Crippen LogP contribution is -2.52. The highest BCUT2D eigenvalue weighted by Crippen LogP contribution is 2.00. The number of rotatable bonds is 2. The van der Waals surface area contributed by atoms with Crippen LogP contribution in [-0.2, 0) is 0 Å². The summed E-state index contributed by atoms with van der Waals surface area (Å²) in [5.74, 6) is 0.0585. The molecule has 7 nitrogen and oxygen atoms in total. The number of nitrogens with one attached hydrogen (secondary N) is 1. The Kier molecular flexibility index (Phi) is 3.50. The largest absolute Gasteiger partial charge is 0.382 e. The molecule has 1 aromatic heterocycles. The number of hydrogen-bond acceptors (Lipinski definition) is 6. The Morgan fingerprint density at radius 1 is 1.29 bits per heavy atom. The van der Waals surface area contributed by atoms with Crippen LogP contribution >= 0.6 is 0 Å². The van der Waals surface area contributed by atoms with Crippen molar-refractivity contribution in [3.8, 4) is 0 Å². The molecule has 0 radical (unpaired) electrons. The quantitative estimate of drug-likeness (QED) is 0.681. The lowest BCUT2D eigenvalue weighted by atomic mass is 10.3. The second kappa shape index (κ2) is 5.07. The van der Waals surface area contributed by atoms with Crippen LogP contribution in [0.15, 0.2) is 12.1 Å². The first kappa shape index (κ1) is 11.7. The van der Waals surface area contributed by atoms with Gasteiger partial charge in [-0.2, -0.15) is 0 Å². The molecule has 0 aliphatic carbocycles. The third-order valence-electron chi connectivity index (χ3n) is 2.68. The van der Waals surface area contributed by atoms with Crippen LogP contribution in [0.5, 0.6) is 0 Å². The van der Waals surface area contributed by atoms with Crippen LogP contribution in [-0.4, -0.2) is 59.2 Å². The van der Waals surface area contributed by atoms with Gasteiger partial charge in [0.1, 0.15) is 5.82 Å². The van der Waals surface area contributed by atoms with Crippen LogP contribution in [0.2, 0.25) is 0 Å². The minimum Gasteiger partial charge on any atom is -0.382 e. The average molecular weight is 236 g/mol. The Bertz CT molecular complexity index is 384. The standard InChI is InChI=1S/C10H16N6O/c1-15-4-6-16(7-5-15)14-10(17)8-2-3-9(11)13-12-8/h2-3H,4-7H2,1H3,(H2,11,13)(H,14,17). The van der Waals surface area contributed by atoms with Gasteiger partial charge in [-0.15, -0.1) is 10.2 Å². The van der Waals surface area contributed by atoms with E-state index in [1.807, 2.05) is 5.01 Å². The summed E-state index contributed by atoms with van der Waals surface area (Å²) in [4.78, 5) is 14.0. The van der Waals surface area contributed by atoms with Gasteiger partial charge in [0.15, 0.2) is 5.69 Å². The Hall–Kier alpha value is -1.73. The molecule has 2 heterocycles.